The first-order valence-corrected chi connectivity index (χ1v) is 10.6. The fraction of sp³-hybridized carbons (Fsp3) is 0.391. The van der Waals surface area contributed by atoms with E-state index < -0.39 is 5.67 Å². The van der Waals surface area contributed by atoms with Crippen molar-refractivity contribution in [3.8, 4) is 0 Å². The smallest absolute Gasteiger partial charge is 0.154 e. The molecule has 2 saturated heterocycles. The van der Waals surface area contributed by atoms with Gasteiger partial charge in [-0.3, -0.25) is 9.98 Å². The number of pyridine rings is 1. The van der Waals surface area contributed by atoms with Gasteiger partial charge in [0.25, 0.3) is 0 Å². The first-order chi connectivity index (χ1) is 14.6. The molecular weight excluding hydrogens is 379 g/mol. The first-order valence-electron chi connectivity index (χ1n) is 10.6. The number of aromatic nitrogens is 3. The Morgan fingerprint density at radius 3 is 2.67 bits per heavy atom. The van der Waals surface area contributed by atoms with E-state index in [4.69, 9.17) is 4.98 Å². The number of amidine groups is 1. The number of hydrogen-bond acceptors (Lipinski definition) is 6. The van der Waals surface area contributed by atoms with Crippen LogP contribution in [0.15, 0.2) is 47.8 Å². The Labute approximate surface area is 174 Å². The van der Waals surface area contributed by atoms with Gasteiger partial charge in [0.05, 0.1) is 12.2 Å². The quantitative estimate of drug-likeness (QED) is 0.694. The molecule has 0 amide bonds. The fourth-order valence-electron chi connectivity index (χ4n) is 5.36. The lowest BCUT2D eigenvalue weighted by molar-refractivity contribution is 0.124. The summed E-state index contributed by atoms with van der Waals surface area (Å²) in [6, 6.07) is 8.77. The van der Waals surface area contributed by atoms with Gasteiger partial charge in [-0.2, -0.15) is 0 Å². The number of nitrogens with one attached hydrogen (secondary N) is 1. The van der Waals surface area contributed by atoms with E-state index in [0.717, 1.165) is 52.3 Å². The van der Waals surface area contributed by atoms with Gasteiger partial charge in [-0.15, -0.1) is 0 Å². The molecule has 6 nitrogen and oxygen atoms in total. The van der Waals surface area contributed by atoms with Crippen LogP contribution in [-0.4, -0.2) is 38.5 Å². The van der Waals surface area contributed by atoms with Crippen molar-refractivity contribution in [1.29, 1.82) is 0 Å². The molecule has 5 heterocycles. The third-order valence-electron chi connectivity index (χ3n) is 6.58. The standard InChI is InChI=1S/C23H23FN6/c1-23(24)11-16-3-4-17(12-23)30(16)22-18-5-2-15(10-14(18)6-7-27-22)29-21-20-19(13-28-21)25-8-9-26-20/h2,5-10,16-17H,3-4,11-13H2,1H3,(H,28,29). The van der Waals surface area contributed by atoms with E-state index in [1.807, 2.05) is 12.3 Å². The third-order valence-corrected chi connectivity index (χ3v) is 6.58. The molecule has 3 aliphatic rings. The molecule has 2 atom stereocenters. The van der Waals surface area contributed by atoms with Gasteiger partial charge < -0.3 is 10.2 Å². The Hall–Kier alpha value is -3.09. The van der Waals surface area contributed by atoms with E-state index >= 15 is 0 Å². The van der Waals surface area contributed by atoms with E-state index in [9.17, 15) is 4.39 Å². The first kappa shape index (κ1) is 17.7. The SMILES string of the molecule is CC1(F)CC2CCC(C1)N2c1nccc2cc(NC3=NCc4nccnc43)ccc12. The number of nitrogens with zero attached hydrogens (tertiary/aromatic N) is 5. The molecule has 0 spiro atoms. The van der Waals surface area contributed by atoms with E-state index in [-0.39, 0.29) is 12.1 Å². The second-order valence-electron chi connectivity index (χ2n) is 8.83. The average Bonchev–Trinajstić information content (AvgIpc) is 3.26. The van der Waals surface area contributed by atoms with Crippen LogP contribution in [-0.2, 0) is 6.54 Å². The van der Waals surface area contributed by atoms with Crippen LogP contribution in [0.4, 0.5) is 15.9 Å². The van der Waals surface area contributed by atoms with Gasteiger partial charge in [-0.1, -0.05) is 0 Å². The molecule has 3 aromatic rings. The lowest BCUT2D eigenvalue weighted by atomic mass is 9.89. The minimum Gasteiger partial charge on any atom is -0.350 e. The molecule has 0 radical (unpaired) electrons. The molecule has 6 rings (SSSR count). The lowest BCUT2D eigenvalue weighted by Crippen LogP contribution is -2.48. The van der Waals surface area contributed by atoms with Crippen molar-refractivity contribution in [2.24, 2.45) is 4.99 Å². The van der Waals surface area contributed by atoms with Crippen LogP contribution in [0.1, 0.15) is 44.0 Å². The summed E-state index contributed by atoms with van der Waals surface area (Å²) in [5.74, 6) is 1.74. The predicted molar refractivity (Wildman–Crippen MR) is 116 cm³/mol. The molecule has 2 aromatic heterocycles. The summed E-state index contributed by atoms with van der Waals surface area (Å²) in [6.07, 6.45) is 8.50. The molecule has 1 aromatic carbocycles. The number of benzene rings is 1. The monoisotopic (exact) mass is 402 g/mol. The summed E-state index contributed by atoms with van der Waals surface area (Å²) in [5, 5.41) is 5.61. The van der Waals surface area contributed by atoms with E-state index in [0.29, 0.717) is 19.4 Å². The molecule has 7 heteroatoms. The lowest BCUT2D eigenvalue weighted by Gasteiger charge is -2.42. The largest absolute Gasteiger partial charge is 0.350 e. The van der Waals surface area contributed by atoms with Crippen LogP contribution in [0, 0.1) is 0 Å². The highest BCUT2D eigenvalue weighted by Gasteiger charge is 2.47. The van der Waals surface area contributed by atoms with Crippen molar-refractivity contribution < 1.29 is 4.39 Å². The van der Waals surface area contributed by atoms with Crippen molar-refractivity contribution in [3.05, 3.63) is 54.2 Å². The topological polar surface area (TPSA) is 66.3 Å². The number of fused-ring (bicyclic) bond motifs is 4. The minimum atomic E-state index is -1.06. The van der Waals surface area contributed by atoms with Gasteiger partial charge >= 0.3 is 0 Å². The zero-order valence-electron chi connectivity index (χ0n) is 16.8. The van der Waals surface area contributed by atoms with Gasteiger partial charge in [0.2, 0.25) is 0 Å². The molecule has 3 aliphatic heterocycles. The van der Waals surface area contributed by atoms with E-state index in [1.165, 1.54) is 0 Å². The predicted octanol–water partition coefficient (Wildman–Crippen LogP) is 4.26. The number of rotatable bonds is 2. The zero-order chi connectivity index (χ0) is 20.3. The Morgan fingerprint density at radius 2 is 1.83 bits per heavy atom. The number of alkyl halides is 1. The van der Waals surface area contributed by atoms with E-state index in [1.54, 1.807) is 19.3 Å². The van der Waals surface area contributed by atoms with Crippen LogP contribution >= 0.6 is 0 Å². The van der Waals surface area contributed by atoms with Gasteiger partial charge in [-0.05, 0) is 49.4 Å². The Kier molecular flexibility index (Phi) is 3.82. The molecule has 30 heavy (non-hydrogen) atoms. The van der Waals surface area contributed by atoms with Crippen LogP contribution in [0.3, 0.4) is 0 Å². The van der Waals surface area contributed by atoms with Crippen LogP contribution < -0.4 is 10.2 Å². The van der Waals surface area contributed by atoms with Crippen molar-refractivity contribution in [2.45, 2.75) is 56.9 Å². The van der Waals surface area contributed by atoms with Crippen LogP contribution in [0.25, 0.3) is 10.8 Å². The van der Waals surface area contributed by atoms with Crippen LogP contribution in [0.2, 0.25) is 0 Å². The number of piperidine rings is 1. The molecular formula is C23H23FN6. The van der Waals surface area contributed by atoms with Gasteiger partial charge in [0.1, 0.15) is 17.2 Å². The van der Waals surface area contributed by atoms with E-state index in [2.05, 4.69) is 43.4 Å². The Balaban J connectivity index is 1.33. The Bertz CT molecular complexity index is 1160. The number of anilines is 2. The summed E-state index contributed by atoms with van der Waals surface area (Å²) in [4.78, 5) is 20.4. The summed E-state index contributed by atoms with van der Waals surface area (Å²) in [5.41, 5.74) is 1.60. The highest BCUT2D eigenvalue weighted by Crippen LogP contribution is 2.45. The maximum absolute atomic E-state index is 14.7. The number of hydrogen-bond donors (Lipinski definition) is 1. The average molecular weight is 402 g/mol. The molecule has 1 N–H and O–H groups in total. The molecule has 152 valence electrons. The highest BCUT2D eigenvalue weighted by atomic mass is 19.1. The van der Waals surface area contributed by atoms with Crippen molar-refractivity contribution in [3.63, 3.8) is 0 Å². The highest BCUT2D eigenvalue weighted by molar-refractivity contribution is 6.10. The molecule has 2 bridgehead atoms. The maximum Gasteiger partial charge on any atom is 0.154 e. The second kappa shape index (κ2) is 6.45. The Morgan fingerprint density at radius 1 is 1.03 bits per heavy atom. The normalized spacial score (nSPS) is 27.3. The summed E-state index contributed by atoms with van der Waals surface area (Å²) in [6.45, 7) is 2.30. The maximum atomic E-state index is 14.7. The number of aliphatic imine (C=N–C) groups is 1. The molecule has 2 fully saturated rings. The zero-order valence-corrected chi connectivity index (χ0v) is 16.8. The van der Waals surface area contributed by atoms with Gasteiger partial charge in [-0.25, -0.2) is 14.4 Å². The summed E-state index contributed by atoms with van der Waals surface area (Å²) >= 11 is 0. The van der Waals surface area contributed by atoms with Gasteiger partial charge in [0.15, 0.2) is 5.84 Å². The number of halogens is 1. The molecule has 0 saturated carbocycles. The van der Waals surface area contributed by atoms with Gasteiger partial charge in [0, 0.05) is 54.6 Å². The van der Waals surface area contributed by atoms with Crippen LogP contribution in [0.5, 0.6) is 0 Å². The molecule has 2 unspecified atom stereocenters. The summed E-state index contributed by atoms with van der Waals surface area (Å²) in [7, 11) is 0. The second-order valence-corrected chi connectivity index (χ2v) is 8.83. The third kappa shape index (κ3) is 2.83. The fourth-order valence-corrected chi connectivity index (χ4v) is 5.36. The summed E-state index contributed by atoms with van der Waals surface area (Å²) < 4.78 is 14.7. The van der Waals surface area contributed by atoms with Crippen molar-refractivity contribution >= 4 is 28.1 Å². The molecule has 0 aliphatic carbocycles. The van der Waals surface area contributed by atoms with Crippen molar-refractivity contribution in [2.75, 3.05) is 10.2 Å². The minimum absolute atomic E-state index is 0.234. The van der Waals surface area contributed by atoms with Crippen molar-refractivity contribution in [1.82, 2.24) is 15.0 Å².